The first-order valence-corrected chi connectivity index (χ1v) is 10.2. The fourth-order valence-corrected chi connectivity index (χ4v) is 5.08. The van der Waals surface area contributed by atoms with E-state index >= 15 is 0 Å². The molecule has 26 heavy (non-hydrogen) atoms. The molecule has 1 unspecified atom stereocenters. The summed E-state index contributed by atoms with van der Waals surface area (Å²) in [4.78, 5) is 12.2. The Kier molecular flexibility index (Phi) is 5.22. The van der Waals surface area contributed by atoms with Crippen LogP contribution >= 0.6 is 0 Å². The highest BCUT2D eigenvalue weighted by atomic mass is 16.5. The quantitative estimate of drug-likeness (QED) is 0.751. The minimum absolute atomic E-state index is 0.149. The third-order valence-electron chi connectivity index (χ3n) is 6.37. The highest BCUT2D eigenvalue weighted by Gasteiger charge is 2.43. The lowest BCUT2D eigenvalue weighted by Crippen LogP contribution is -2.38. The third kappa shape index (κ3) is 3.69. The van der Waals surface area contributed by atoms with Gasteiger partial charge >= 0.3 is 5.97 Å². The Morgan fingerprint density at radius 2 is 1.88 bits per heavy atom. The van der Waals surface area contributed by atoms with Crippen molar-refractivity contribution in [1.29, 1.82) is 0 Å². The summed E-state index contributed by atoms with van der Waals surface area (Å²) in [5.74, 6) is -0.0957. The molecule has 1 N–H and O–H groups in total. The van der Waals surface area contributed by atoms with Crippen LogP contribution in [-0.4, -0.2) is 16.7 Å². The highest BCUT2D eigenvalue weighted by Crippen LogP contribution is 2.52. The summed E-state index contributed by atoms with van der Waals surface area (Å²) in [6, 6.07) is 4.34. The molecular weight excluding hydrogens is 324 g/mol. The number of hydrogen-bond acceptors (Lipinski definition) is 2. The predicted molar refractivity (Wildman–Crippen MR) is 105 cm³/mol. The first-order chi connectivity index (χ1) is 12.1. The van der Waals surface area contributed by atoms with Gasteiger partial charge in [-0.25, -0.2) is 4.79 Å². The van der Waals surface area contributed by atoms with E-state index in [9.17, 15) is 9.90 Å². The van der Waals surface area contributed by atoms with E-state index < -0.39 is 17.7 Å². The molecule has 2 aliphatic rings. The van der Waals surface area contributed by atoms with E-state index in [1.165, 1.54) is 49.7 Å². The van der Waals surface area contributed by atoms with Crippen molar-refractivity contribution < 1.29 is 14.6 Å². The largest absolute Gasteiger partial charge is 0.479 e. The summed E-state index contributed by atoms with van der Waals surface area (Å²) in [6.45, 7) is 10.2. The zero-order chi connectivity index (χ0) is 19.1. The van der Waals surface area contributed by atoms with Crippen molar-refractivity contribution in [3.8, 4) is 0 Å². The molecule has 0 saturated heterocycles. The maximum atomic E-state index is 12.2. The van der Waals surface area contributed by atoms with Crippen molar-refractivity contribution in [2.45, 2.75) is 96.7 Å². The van der Waals surface area contributed by atoms with E-state index in [1.807, 2.05) is 27.7 Å². The standard InChI is InChI=1S/C23H34O3/c1-15-10-13-23(14-11-15)12-6-7-17-9-8-16(2)18(19(17)23)20(21(24)25)26-22(3,4)5/h8-9,15,20H,6-7,10-14H2,1-5H3,(H,24,25). The van der Waals surface area contributed by atoms with Gasteiger partial charge in [0.2, 0.25) is 0 Å². The number of hydrogen-bond donors (Lipinski definition) is 1. The van der Waals surface area contributed by atoms with Crippen molar-refractivity contribution in [2.24, 2.45) is 5.92 Å². The Bertz CT molecular complexity index is 675. The Hall–Kier alpha value is -1.35. The van der Waals surface area contributed by atoms with Gasteiger partial charge < -0.3 is 9.84 Å². The van der Waals surface area contributed by atoms with Crippen LogP contribution in [-0.2, 0) is 21.4 Å². The Morgan fingerprint density at radius 3 is 2.46 bits per heavy atom. The monoisotopic (exact) mass is 358 g/mol. The molecule has 1 aromatic carbocycles. The van der Waals surface area contributed by atoms with Gasteiger partial charge in [0.15, 0.2) is 6.10 Å². The van der Waals surface area contributed by atoms with Crippen LogP contribution in [0.2, 0.25) is 0 Å². The molecule has 1 fully saturated rings. The second-order valence-electron chi connectivity index (χ2n) is 9.60. The van der Waals surface area contributed by atoms with Crippen molar-refractivity contribution in [1.82, 2.24) is 0 Å². The van der Waals surface area contributed by atoms with Crippen LogP contribution in [0.3, 0.4) is 0 Å². The predicted octanol–water partition coefficient (Wildman–Crippen LogP) is 5.72. The second kappa shape index (κ2) is 6.99. The normalized spacial score (nSPS) is 27.2. The van der Waals surface area contributed by atoms with Gasteiger partial charge in [-0.1, -0.05) is 19.1 Å². The third-order valence-corrected chi connectivity index (χ3v) is 6.37. The average molecular weight is 359 g/mol. The maximum absolute atomic E-state index is 12.2. The van der Waals surface area contributed by atoms with Crippen LogP contribution in [0.4, 0.5) is 0 Å². The van der Waals surface area contributed by atoms with E-state index in [0.717, 1.165) is 23.5 Å². The van der Waals surface area contributed by atoms with Crippen LogP contribution in [0.5, 0.6) is 0 Å². The summed E-state index contributed by atoms with van der Waals surface area (Å²) < 4.78 is 6.09. The molecule has 0 amide bonds. The SMILES string of the molecule is Cc1ccc2c(c1C(OC(C)(C)C)C(=O)O)C1(CCC2)CCC(C)CC1. The lowest BCUT2D eigenvalue weighted by Gasteiger charge is -2.46. The number of carboxylic acid groups (broad SMARTS) is 1. The molecule has 1 spiro atoms. The zero-order valence-corrected chi connectivity index (χ0v) is 17.0. The Morgan fingerprint density at radius 1 is 1.23 bits per heavy atom. The molecule has 3 rings (SSSR count). The lowest BCUT2D eigenvalue weighted by molar-refractivity contribution is -0.161. The zero-order valence-electron chi connectivity index (χ0n) is 17.0. The van der Waals surface area contributed by atoms with Gasteiger partial charge in [-0.05, 0) is 106 Å². The molecule has 0 heterocycles. The Labute approximate surface area is 158 Å². The van der Waals surface area contributed by atoms with E-state index in [4.69, 9.17) is 4.74 Å². The summed E-state index contributed by atoms with van der Waals surface area (Å²) in [5.41, 5.74) is 4.33. The average Bonchev–Trinajstić information content (AvgIpc) is 2.55. The first kappa shape index (κ1) is 19.4. The number of fused-ring (bicyclic) bond motifs is 2. The van der Waals surface area contributed by atoms with Gasteiger partial charge in [0.05, 0.1) is 5.60 Å². The molecule has 1 atom stereocenters. The molecule has 1 aromatic rings. The number of carboxylic acids is 1. The van der Waals surface area contributed by atoms with Gasteiger partial charge in [-0.15, -0.1) is 0 Å². The number of aryl methyl sites for hydroxylation is 2. The minimum atomic E-state index is -0.890. The summed E-state index contributed by atoms with van der Waals surface area (Å²) in [6.07, 6.45) is 7.40. The van der Waals surface area contributed by atoms with E-state index in [0.29, 0.717) is 0 Å². The fraction of sp³-hybridized carbons (Fsp3) is 0.696. The lowest BCUT2D eigenvalue weighted by atomic mass is 9.59. The number of benzene rings is 1. The minimum Gasteiger partial charge on any atom is -0.479 e. The molecule has 0 aliphatic heterocycles. The molecular formula is C23H34O3. The van der Waals surface area contributed by atoms with Gasteiger partial charge in [-0.2, -0.15) is 0 Å². The molecule has 3 nitrogen and oxygen atoms in total. The second-order valence-corrected chi connectivity index (χ2v) is 9.60. The Balaban J connectivity index is 2.16. The van der Waals surface area contributed by atoms with E-state index in [2.05, 4.69) is 19.1 Å². The fourth-order valence-electron chi connectivity index (χ4n) is 5.08. The summed E-state index contributed by atoms with van der Waals surface area (Å²) in [5, 5.41) is 10.0. The molecule has 0 aromatic heterocycles. The smallest absolute Gasteiger partial charge is 0.337 e. The van der Waals surface area contributed by atoms with Crippen molar-refractivity contribution >= 4 is 5.97 Å². The highest BCUT2D eigenvalue weighted by molar-refractivity contribution is 5.76. The van der Waals surface area contributed by atoms with Crippen molar-refractivity contribution in [3.05, 3.63) is 34.4 Å². The van der Waals surface area contributed by atoms with Crippen LogP contribution in [0.25, 0.3) is 0 Å². The van der Waals surface area contributed by atoms with Gasteiger partial charge in [0.25, 0.3) is 0 Å². The molecule has 2 aliphatic carbocycles. The number of carbonyl (C=O) groups is 1. The van der Waals surface area contributed by atoms with Crippen LogP contribution < -0.4 is 0 Å². The van der Waals surface area contributed by atoms with Crippen LogP contribution in [0.15, 0.2) is 12.1 Å². The van der Waals surface area contributed by atoms with Gasteiger partial charge in [0.1, 0.15) is 0 Å². The number of rotatable bonds is 3. The van der Waals surface area contributed by atoms with Crippen molar-refractivity contribution in [3.63, 3.8) is 0 Å². The molecule has 144 valence electrons. The molecule has 0 bridgehead atoms. The van der Waals surface area contributed by atoms with E-state index in [1.54, 1.807) is 0 Å². The van der Waals surface area contributed by atoms with Crippen LogP contribution in [0.1, 0.15) is 94.6 Å². The topological polar surface area (TPSA) is 46.5 Å². The van der Waals surface area contributed by atoms with Gasteiger partial charge in [0, 0.05) is 0 Å². The number of ether oxygens (including phenoxy) is 1. The molecule has 0 radical (unpaired) electrons. The van der Waals surface area contributed by atoms with E-state index in [-0.39, 0.29) is 5.41 Å². The van der Waals surface area contributed by atoms with Gasteiger partial charge in [-0.3, -0.25) is 0 Å². The molecule has 3 heteroatoms. The maximum Gasteiger partial charge on any atom is 0.337 e. The van der Waals surface area contributed by atoms with Crippen LogP contribution in [0, 0.1) is 12.8 Å². The number of aliphatic carboxylic acids is 1. The summed E-state index contributed by atoms with van der Waals surface area (Å²) in [7, 11) is 0. The van der Waals surface area contributed by atoms with Crippen molar-refractivity contribution in [2.75, 3.05) is 0 Å². The summed E-state index contributed by atoms with van der Waals surface area (Å²) >= 11 is 0. The first-order valence-electron chi connectivity index (χ1n) is 10.2. The molecule has 1 saturated carbocycles.